The van der Waals surface area contributed by atoms with E-state index < -0.39 is 0 Å². The average molecular weight is 281 g/mol. The summed E-state index contributed by atoms with van der Waals surface area (Å²) in [6.07, 6.45) is 4.96. The van der Waals surface area contributed by atoms with Crippen LogP contribution >= 0.6 is 11.3 Å². The van der Waals surface area contributed by atoms with Crippen LogP contribution in [-0.4, -0.2) is 39.1 Å². The van der Waals surface area contributed by atoms with Crippen LogP contribution in [-0.2, 0) is 6.54 Å². The predicted molar refractivity (Wildman–Crippen MR) is 79.5 cm³/mol. The average Bonchev–Trinajstić information content (AvgIpc) is 2.84. The lowest BCUT2D eigenvalue weighted by atomic mass is 9.96. The minimum absolute atomic E-state index is 0.249. The maximum Gasteiger partial charge on any atom is 0.193 e. The minimum Gasteiger partial charge on any atom is -0.396 e. The summed E-state index contributed by atoms with van der Waals surface area (Å²) in [6, 6.07) is 0. The second-order valence-electron chi connectivity index (χ2n) is 6.17. The number of aliphatic hydroxyl groups excluding tert-OH is 1. The van der Waals surface area contributed by atoms with Crippen molar-refractivity contribution in [2.24, 2.45) is 5.41 Å². The van der Waals surface area contributed by atoms with Crippen molar-refractivity contribution in [3.8, 4) is 0 Å². The van der Waals surface area contributed by atoms with E-state index >= 15 is 0 Å². The lowest BCUT2D eigenvalue weighted by Crippen LogP contribution is -2.33. The van der Waals surface area contributed by atoms with Crippen molar-refractivity contribution in [3.63, 3.8) is 0 Å². The summed E-state index contributed by atoms with van der Waals surface area (Å²) >= 11 is 1.66. The number of imidazole rings is 1. The number of thiazole rings is 1. The highest BCUT2D eigenvalue weighted by Crippen LogP contribution is 2.18. The van der Waals surface area contributed by atoms with Gasteiger partial charge in [0.2, 0.25) is 0 Å². The molecule has 0 radical (unpaired) electrons. The van der Waals surface area contributed by atoms with Gasteiger partial charge in [-0.25, -0.2) is 4.98 Å². The van der Waals surface area contributed by atoms with E-state index in [4.69, 9.17) is 5.11 Å². The van der Waals surface area contributed by atoms with Gasteiger partial charge in [-0.05, 0) is 11.8 Å². The Morgan fingerprint density at radius 1 is 1.42 bits per heavy atom. The van der Waals surface area contributed by atoms with E-state index in [1.165, 1.54) is 0 Å². The molecule has 2 rings (SSSR count). The molecule has 2 aromatic rings. The van der Waals surface area contributed by atoms with Crippen molar-refractivity contribution in [1.29, 1.82) is 0 Å². The summed E-state index contributed by atoms with van der Waals surface area (Å²) in [7, 11) is 0. The van der Waals surface area contributed by atoms with Gasteiger partial charge in [-0.1, -0.05) is 20.8 Å². The Kier molecular flexibility index (Phi) is 4.60. The molecule has 0 saturated carbocycles. The zero-order chi connectivity index (χ0) is 13.9. The predicted octanol–water partition coefficient (Wildman–Crippen LogP) is 2.63. The van der Waals surface area contributed by atoms with E-state index in [0.717, 1.165) is 36.7 Å². The third kappa shape index (κ3) is 4.30. The number of hydrogen-bond acceptors (Lipinski definition) is 4. The van der Waals surface area contributed by atoms with Gasteiger partial charge >= 0.3 is 0 Å². The molecular formula is C14H23N3OS. The van der Waals surface area contributed by atoms with Crippen LogP contribution in [0.2, 0.25) is 0 Å². The molecule has 0 aliphatic heterocycles. The van der Waals surface area contributed by atoms with Crippen molar-refractivity contribution < 1.29 is 5.11 Å². The molecule has 5 heteroatoms. The van der Waals surface area contributed by atoms with Crippen LogP contribution in [0.25, 0.3) is 4.96 Å². The van der Waals surface area contributed by atoms with Gasteiger partial charge in [0.05, 0.1) is 5.69 Å². The van der Waals surface area contributed by atoms with Crippen molar-refractivity contribution in [2.45, 2.75) is 33.7 Å². The monoisotopic (exact) mass is 281 g/mol. The Bertz CT molecular complexity index is 483. The molecule has 0 atom stereocenters. The summed E-state index contributed by atoms with van der Waals surface area (Å²) < 4.78 is 2.07. The molecule has 0 aliphatic rings. The molecule has 0 fully saturated rings. The Labute approximate surface area is 118 Å². The molecule has 0 spiro atoms. The second-order valence-corrected chi connectivity index (χ2v) is 7.05. The third-order valence-electron chi connectivity index (χ3n) is 2.86. The maximum absolute atomic E-state index is 9.02. The van der Waals surface area contributed by atoms with Crippen LogP contribution in [0.4, 0.5) is 0 Å². The van der Waals surface area contributed by atoms with E-state index in [1.54, 1.807) is 11.3 Å². The molecule has 2 aromatic heterocycles. The molecule has 106 valence electrons. The SMILES string of the molecule is CC(C)(C)CN(CCCO)Cc1cn2ccsc2n1. The first-order valence-electron chi connectivity index (χ1n) is 6.72. The maximum atomic E-state index is 9.02. The van der Waals surface area contributed by atoms with E-state index in [-0.39, 0.29) is 12.0 Å². The van der Waals surface area contributed by atoms with Gasteiger partial charge in [-0.2, -0.15) is 0 Å². The van der Waals surface area contributed by atoms with Crippen LogP contribution in [0.15, 0.2) is 17.8 Å². The van der Waals surface area contributed by atoms with E-state index in [9.17, 15) is 0 Å². The molecule has 0 amide bonds. The molecule has 4 nitrogen and oxygen atoms in total. The van der Waals surface area contributed by atoms with Gasteiger partial charge in [0, 0.05) is 44.0 Å². The molecule has 1 N–H and O–H groups in total. The summed E-state index contributed by atoms with van der Waals surface area (Å²) in [5.41, 5.74) is 1.36. The van der Waals surface area contributed by atoms with Gasteiger partial charge < -0.3 is 5.11 Å². The fourth-order valence-corrected chi connectivity index (χ4v) is 2.98. The Balaban J connectivity index is 2.03. The number of rotatable bonds is 6. The lowest BCUT2D eigenvalue weighted by Gasteiger charge is -2.29. The van der Waals surface area contributed by atoms with Crippen molar-refractivity contribution in [3.05, 3.63) is 23.5 Å². The molecule has 0 saturated heterocycles. The largest absolute Gasteiger partial charge is 0.396 e. The van der Waals surface area contributed by atoms with Crippen LogP contribution in [0, 0.1) is 5.41 Å². The normalized spacial score (nSPS) is 12.7. The van der Waals surface area contributed by atoms with Crippen molar-refractivity contribution in [2.75, 3.05) is 19.7 Å². The Morgan fingerprint density at radius 2 is 2.21 bits per heavy atom. The third-order valence-corrected chi connectivity index (χ3v) is 3.63. The first-order valence-corrected chi connectivity index (χ1v) is 7.60. The lowest BCUT2D eigenvalue weighted by molar-refractivity contribution is 0.165. The van der Waals surface area contributed by atoms with E-state index in [0.29, 0.717) is 0 Å². The van der Waals surface area contributed by atoms with E-state index in [2.05, 4.69) is 41.3 Å². The Morgan fingerprint density at radius 3 is 2.84 bits per heavy atom. The number of hydrogen-bond donors (Lipinski definition) is 1. The molecule has 0 bridgehead atoms. The Hall–Kier alpha value is -0.910. The number of aliphatic hydroxyl groups is 1. The summed E-state index contributed by atoms with van der Waals surface area (Å²) in [4.78, 5) is 8.05. The van der Waals surface area contributed by atoms with Gasteiger partial charge in [0.25, 0.3) is 0 Å². The van der Waals surface area contributed by atoms with Crippen LogP contribution < -0.4 is 0 Å². The fraction of sp³-hybridized carbons (Fsp3) is 0.643. The van der Waals surface area contributed by atoms with Crippen molar-refractivity contribution >= 4 is 16.3 Å². The molecule has 0 unspecified atom stereocenters. The zero-order valence-electron chi connectivity index (χ0n) is 12.0. The van der Waals surface area contributed by atoms with Crippen LogP contribution in [0.3, 0.4) is 0 Å². The number of fused-ring (bicyclic) bond motifs is 1. The second kappa shape index (κ2) is 6.03. The van der Waals surface area contributed by atoms with Crippen molar-refractivity contribution in [1.82, 2.24) is 14.3 Å². The van der Waals surface area contributed by atoms with Gasteiger partial charge in [0.15, 0.2) is 4.96 Å². The summed E-state index contributed by atoms with van der Waals surface area (Å²) in [5, 5.41) is 11.1. The van der Waals surface area contributed by atoms with Crippen LogP contribution in [0.5, 0.6) is 0 Å². The molecule has 0 aromatic carbocycles. The van der Waals surface area contributed by atoms with E-state index in [1.807, 2.05) is 11.6 Å². The topological polar surface area (TPSA) is 40.8 Å². The van der Waals surface area contributed by atoms with Gasteiger partial charge in [-0.3, -0.25) is 9.30 Å². The first-order chi connectivity index (χ1) is 8.98. The standard InChI is InChI=1S/C14H23N3OS/c1-14(2,3)11-16(5-4-7-18)9-12-10-17-6-8-19-13(17)15-12/h6,8,10,18H,4-5,7,9,11H2,1-3H3. The number of aromatic nitrogens is 2. The van der Waals surface area contributed by atoms with Crippen LogP contribution in [0.1, 0.15) is 32.9 Å². The number of nitrogens with zero attached hydrogens (tertiary/aromatic N) is 3. The highest BCUT2D eigenvalue weighted by molar-refractivity contribution is 7.15. The molecular weight excluding hydrogens is 258 g/mol. The minimum atomic E-state index is 0.249. The van der Waals surface area contributed by atoms with Gasteiger partial charge in [-0.15, -0.1) is 11.3 Å². The van der Waals surface area contributed by atoms with Gasteiger partial charge in [0.1, 0.15) is 0 Å². The molecule has 0 aliphatic carbocycles. The molecule has 2 heterocycles. The highest BCUT2D eigenvalue weighted by Gasteiger charge is 2.17. The first kappa shape index (κ1) is 14.5. The quantitative estimate of drug-likeness (QED) is 0.885. The molecule has 19 heavy (non-hydrogen) atoms. The smallest absolute Gasteiger partial charge is 0.193 e. The summed E-state index contributed by atoms with van der Waals surface area (Å²) in [5.74, 6) is 0. The zero-order valence-corrected chi connectivity index (χ0v) is 12.8. The fourth-order valence-electron chi connectivity index (χ4n) is 2.26. The highest BCUT2D eigenvalue weighted by atomic mass is 32.1. The summed E-state index contributed by atoms with van der Waals surface area (Å²) in [6.45, 7) is 9.75.